The number of hydrogen-bond acceptors (Lipinski definition) is 8. The molecule has 0 spiro atoms. The number of piperazine rings is 1. The summed E-state index contributed by atoms with van der Waals surface area (Å²) >= 11 is 2.94. The van der Waals surface area contributed by atoms with Gasteiger partial charge in [-0.15, -0.1) is 22.7 Å². The molecule has 0 aliphatic carbocycles. The van der Waals surface area contributed by atoms with Crippen LogP contribution in [0.25, 0.3) is 11.3 Å². The van der Waals surface area contributed by atoms with Gasteiger partial charge in [-0.1, -0.05) is 6.07 Å². The van der Waals surface area contributed by atoms with E-state index < -0.39 is 0 Å². The maximum atomic E-state index is 13.3. The molecule has 0 atom stereocenters. The molecule has 1 amide bonds. The van der Waals surface area contributed by atoms with Gasteiger partial charge in [0.2, 0.25) is 0 Å². The van der Waals surface area contributed by atoms with Crippen LogP contribution in [0.5, 0.6) is 11.5 Å². The van der Waals surface area contributed by atoms with Crippen LogP contribution in [0.3, 0.4) is 0 Å². The number of aromatic nitrogens is 1. The van der Waals surface area contributed by atoms with Crippen LogP contribution in [-0.4, -0.2) is 81.2 Å². The largest absolute Gasteiger partial charge is 0.497 e. The Morgan fingerprint density at radius 2 is 1.94 bits per heavy atom. The molecule has 4 rings (SSSR count). The van der Waals surface area contributed by atoms with Crippen molar-refractivity contribution in [3.05, 3.63) is 46.0 Å². The fourth-order valence-electron chi connectivity index (χ4n) is 3.87. The fraction of sp³-hybridized carbons (Fsp3) is 0.417. The first-order valence-electron chi connectivity index (χ1n) is 11.0. The Balaban J connectivity index is 1.54. The number of thiophene rings is 1. The van der Waals surface area contributed by atoms with Crippen molar-refractivity contribution < 1.29 is 14.3 Å². The Kier molecular flexibility index (Phi) is 7.97. The van der Waals surface area contributed by atoms with Gasteiger partial charge in [-0.05, 0) is 49.7 Å². The zero-order valence-corrected chi connectivity index (χ0v) is 21.0. The molecule has 3 aromatic rings. The number of likely N-dealkylation sites (N-methyl/N-ethyl adjacent to an activating group) is 1. The van der Waals surface area contributed by atoms with Gasteiger partial charge in [0, 0.05) is 43.7 Å². The van der Waals surface area contributed by atoms with Crippen LogP contribution in [0.1, 0.15) is 16.1 Å². The molecule has 9 heteroatoms. The van der Waals surface area contributed by atoms with E-state index in [0.29, 0.717) is 11.7 Å². The second kappa shape index (κ2) is 11.1. The highest BCUT2D eigenvalue weighted by molar-refractivity contribution is 7.14. The zero-order valence-electron chi connectivity index (χ0n) is 19.3. The molecule has 1 saturated heterocycles. The van der Waals surface area contributed by atoms with Crippen LogP contribution >= 0.6 is 22.7 Å². The summed E-state index contributed by atoms with van der Waals surface area (Å²) in [6.07, 6.45) is 0.901. The highest BCUT2D eigenvalue weighted by Crippen LogP contribution is 2.36. The second-order valence-corrected chi connectivity index (χ2v) is 9.80. The molecule has 1 aliphatic rings. The SMILES string of the molecule is COc1ccc(OC)c(-c2csc(N(CCCN3CCN(C)CC3)C(=O)c3cccs3)n2)c1. The third-order valence-electron chi connectivity index (χ3n) is 5.83. The summed E-state index contributed by atoms with van der Waals surface area (Å²) in [5.74, 6) is 1.46. The third kappa shape index (κ3) is 5.73. The van der Waals surface area contributed by atoms with E-state index in [2.05, 4.69) is 16.8 Å². The number of amides is 1. The molecule has 1 aliphatic heterocycles. The number of carbonyl (C=O) groups is 1. The van der Waals surface area contributed by atoms with E-state index in [-0.39, 0.29) is 5.91 Å². The summed E-state index contributed by atoms with van der Waals surface area (Å²) < 4.78 is 10.9. The molecule has 0 saturated carbocycles. The number of carbonyl (C=O) groups excluding carboxylic acids is 1. The van der Waals surface area contributed by atoms with Gasteiger partial charge in [0.1, 0.15) is 11.5 Å². The minimum absolute atomic E-state index is 0.00175. The molecule has 0 N–H and O–H groups in total. The van der Waals surface area contributed by atoms with Crippen molar-refractivity contribution in [1.82, 2.24) is 14.8 Å². The number of methoxy groups -OCH3 is 2. The monoisotopic (exact) mass is 486 g/mol. The van der Waals surface area contributed by atoms with Gasteiger partial charge < -0.3 is 19.3 Å². The summed E-state index contributed by atoms with van der Waals surface area (Å²) in [6, 6.07) is 9.43. The molecule has 1 fully saturated rings. The van der Waals surface area contributed by atoms with Crippen molar-refractivity contribution >= 4 is 33.7 Å². The maximum absolute atomic E-state index is 13.3. The number of ether oxygens (including phenoxy) is 2. The lowest BCUT2D eigenvalue weighted by Crippen LogP contribution is -2.45. The Morgan fingerprint density at radius 1 is 1.12 bits per heavy atom. The van der Waals surface area contributed by atoms with E-state index in [1.807, 2.05) is 46.0 Å². The van der Waals surface area contributed by atoms with Crippen LogP contribution < -0.4 is 14.4 Å². The van der Waals surface area contributed by atoms with Gasteiger partial charge in [0.05, 0.1) is 24.8 Å². The number of nitrogens with zero attached hydrogens (tertiary/aromatic N) is 4. The molecule has 176 valence electrons. The lowest BCUT2D eigenvalue weighted by molar-refractivity contribution is 0.0988. The van der Waals surface area contributed by atoms with E-state index in [1.165, 1.54) is 22.7 Å². The molecule has 1 aromatic carbocycles. The van der Waals surface area contributed by atoms with Crippen molar-refractivity contribution in [2.45, 2.75) is 6.42 Å². The molecule has 0 unspecified atom stereocenters. The lowest BCUT2D eigenvalue weighted by atomic mass is 10.1. The van der Waals surface area contributed by atoms with E-state index in [9.17, 15) is 4.79 Å². The Morgan fingerprint density at radius 3 is 2.64 bits per heavy atom. The van der Waals surface area contributed by atoms with Gasteiger partial charge in [-0.25, -0.2) is 4.98 Å². The van der Waals surface area contributed by atoms with Crippen LogP contribution in [0.4, 0.5) is 5.13 Å². The maximum Gasteiger partial charge on any atom is 0.270 e. The Bertz CT molecular complexity index is 1050. The highest BCUT2D eigenvalue weighted by atomic mass is 32.1. The quantitative estimate of drug-likeness (QED) is 0.452. The fourth-order valence-corrected chi connectivity index (χ4v) is 5.39. The first-order chi connectivity index (χ1) is 16.1. The topological polar surface area (TPSA) is 58.1 Å². The highest BCUT2D eigenvalue weighted by Gasteiger charge is 2.23. The summed E-state index contributed by atoms with van der Waals surface area (Å²) in [5.41, 5.74) is 1.62. The van der Waals surface area contributed by atoms with Crippen molar-refractivity contribution in [2.24, 2.45) is 0 Å². The van der Waals surface area contributed by atoms with Crippen molar-refractivity contribution in [2.75, 3.05) is 65.4 Å². The van der Waals surface area contributed by atoms with Crippen LogP contribution in [0, 0.1) is 0 Å². The van der Waals surface area contributed by atoms with Crippen LogP contribution in [0.15, 0.2) is 41.1 Å². The lowest BCUT2D eigenvalue weighted by Gasteiger charge is -2.32. The van der Waals surface area contributed by atoms with E-state index >= 15 is 0 Å². The summed E-state index contributed by atoms with van der Waals surface area (Å²) in [4.78, 5) is 25.6. The second-order valence-electron chi connectivity index (χ2n) is 8.01. The molecule has 0 bridgehead atoms. The average molecular weight is 487 g/mol. The standard InChI is InChI=1S/C24H30N4O3S2/c1-26-11-13-27(14-12-26)9-5-10-28(23(29)22-6-4-15-32-22)24-25-20(17-33-24)19-16-18(30-2)7-8-21(19)31-3/h4,6-8,15-17H,5,9-14H2,1-3H3. The van der Waals surface area contributed by atoms with Gasteiger partial charge in [-0.3, -0.25) is 9.69 Å². The van der Waals surface area contributed by atoms with Gasteiger partial charge in [0.25, 0.3) is 5.91 Å². The Hall–Kier alpha value is -2.46. The normalized spacial score (nSPS) is 14.9. The molecule has 0 radical (unpaired) electrons. The summed E-state index contributed by atoms with van der Waals surface area (Å²) in [6.45, 7) is 5.94. The number of thiazole rings is 1. The smallest absolute Gasteiger partial charge is 0.270 e. The van der Waals surface area contributed by atoms with Gasteiger partial charge in [0.15, 0.2) is 5.13 Å². The number of hydrogen-bond donors (Lipinski definition) is 0. The van der Waals surface area contributed by atoms with Crippen LogP contribution in [-0.2, 0) is 0 Å². The first kappa shape index (κ1) is 23.7. The number of anilines is 1. The molecular weight excluding hydrogens is 456 g/mol. The van der Waals surface area contributed by atoms with Gasteiger partial charge in [-0.2, -0.15) is 0 Å². The van der Waals surface area contributed by atoms with Crippen molar-refractivity contribution in [3.63, 3.8) is 0 Å². The predicted octanol–water partition coefficient (Wildman–Crippen LogP) is 4.17. The molecule has 7 nitrogen and oxygen atoms in total. The van der Waals surface area contributed by atoms with Crippen LogP contribution in [0.2, 0.25) is 0 Å². The minimum atomic E-state index is 0.00175. The molecule has 2 aromatic heterocycles. The van der Waals surface area contributed by atoms with E-state index in [1.54, 1.807) is 14.2 Å². The molecule has 3 heterocycles. The number of rotatable bonds is 9. The zero-order chi connectivity index (χ0) is 23.2. The summed E-state index contributed by atoms with van der Waals surface area (Å²) in [5, 5.41) is 4.61. The molecular formula is C24H30N4O3S2. The third-order valence-corrected chi connectivity index (χ3v) is 7.56. The van der Waals surface area contributed by atoms with Gasteiger partial charge >= 0.3 is 0 Å². The first-order valence-corrected chi connectivity index (χ1v) is 12.8. The molecule has 33 heavy (non-hydrogen) atoms. The summed E-state index contributed by atoms with van der Waals surface area (Å²) in [7, 11) is 5.44. The Labute approximate surface area is 203 Å². The predicted molar refractivity (Wildman–Crippen MR) is 135 cm³/mol. The average Bonchev–Trinajstić information content (AvgIpc) is 3.55. The van der Waals surface area contributed by atoms with E-state index in [0.717, 1.165) is 66.8 Å². The van der Waals surface area contributed by atoms with Crippen molar-refractivity contribution in [3.8, 4) is 22.8 Å². The van der Waals surface area contributed by atoms with Crippen molar-refractivity contribution in [1.29, 1.82) is 0 Å². The number of benzene rings is 1. The van der Waals surface area contributed by atoms with E-state index in [4.69, 9.17) is 14.5 Å². The minimum Gasteiger partial charge on any atom is -0.497 e.